The molecule has 1 aliphatic heterocycles. The van der Waals surface area contributed by atoms with E-state index in [4.69, 9.17) is 0 Å². The molecule has 0 aromatic carbocycles. The number of nitrogens with one attached hydrogen (secondary N) is 1. The van der Waals surface area contributed by atoms with E-state index in [-0.39, 0.29) is 12.8 Å². The summed E-state index contributed by atoms with van der Waals surface area (Å²) in [6.07, 6.45) is -0.500. The summed E-state index contributed by atoms with van der Waals surface area (Å²) in [5.41, 5.74) is 0.831. The maximum Gasteiger partial charge on any atom is 0.391 e. The number of nitrogens with zero attached hydrogens (tertiary/aromatic N) is 3. The average Bonchev–Trinajstić information content (AvgIpc) is 2.45. The van der Waals surface area contributed by atoms with Crippen molar-refractivity contribution in [2.24, 2.45) is 5.92 Å². The van der Waals surface area contributed by atoms with Crippen LogP contribution in [-0.2, 0) is 6.54 Å². The van der Waals surface area contributed by atoms with Gasteiger partial charge < -0.3 is 10.2 Å². The van der Waals surface area contributed by atoms with Gasteiger partial charge in [-0.15, -0.1) is 0 Å². The third-order valence-electron chi connectivity index (χ3n) is 3.66. The molecule has 0 saturated carbocycles. The zero-order valence-corrected chi connectivity index (χ0v) is 12.3. The Morgan fingerprint density at radius 1 is 1.24 bits per heavy atom. The first kappa shape index (κ1) is 16.0. The van der Waals surface area contributed by atoms with E-state index >= 15 is 0 Å². The minimum atomic E-state index is -4.08. The van der Waals surface area contributed by atoms with Gasteiger partial charge >= 0.3 is 6.18 Å². The molecule has 1 fully saturated rings. The zero-order valence-electron chi connectivity index (χ0n) is 12.3. The lowest BCUT2D eigenvalue weighted by molar-refractivity contribution is -0.179. The van der Waals surface area contributed by atoms with Crippen LogP contribution in [0.25, 0.3) is 0 Å². The molecule has 2 heterocycles. The van der Waals surface area contributed by atoms with E-state index in [1.165, 1.54) is 0 Å². The molecule has 21 heavy (non-hydrogen) atoms. The molecule has 1 aromatic rings. The number of anilines is 1. The predicted molar refractivity (Wildman–Crippen MR) is 75.0 cm³/mol. The molecule has 1 aliphatic rings. The van der Waals surface area contributed by atoms with Crippen LogP contribution in [-0.4, -0.2) is 35.3 Å². The summed E-state index contributed by atoms with van der Waals surface area (Å²) in [5.74, 6) is -0.528. The molecule has 0 bridgehead atoms. The summed E-state index contributed by atoms with van der Waals surface area (Å²) >= 11 is 0. The van der Waals surface area contributed by atoms with Crippen LogP contribution in [0.15, 0.2) is 12.4 Å². The highest BCUT2D eigenvalue weighted by Crippen LogP contribution is 2.34. The summed E-state index contributed by atoms with van der Waals surface area (Å²) in [5, 5.41) is 3.24. The minimum absolute atomic E-state index is 0.127. The van der Waals surface area contributed by atoms with Crippen LogP contribution < -0.4 is 10.2 Å². The van der Waals surface area contributed by atoms with Crippen LogP contribution in [0.3, 0.4) is 0 Å². The third kappa shape index (κ3) is 4.56. The predicted octanol–water partition coefficient (Wildman–Crippen LogP) is 2.75. The van der Waals surface area contributed by atoms with Crippen molar-refractivity contribution in [1.29, 1.82) is 0 Å². The highest BCUT2D eigenvalue weighted by molar-refractivity contribution is 5.36. The maximum absolute atomic E-state index is 12.6. The molecular weight excluding hydrogens is 281 g/mol. The van der Waals surface area contributed by atoms with Gasteiger partial charge in [-0.2, -0.15) is 13.2 Å². The Balaban J connectivity index is 1.89. The van der Waals surface area contributed by atoms with Gasteiger partial charge in [-0.05, 0) is 12.8 Å². The standard InChI is InChI=1S/C14H21F3N4/c1-10(2)18-7-12-8-20-13(9-19-12)21-5-3-11(4-6-21)14(15,16)17/h8-11,18H,3-7H2,1-2H3. The monoisotopic (exact) mass is 302 g/mol. The van der Waals surface area contributed by atoms with Gasteiger partial charge in [-0.1, -0.05) is 13.8 Å². The Hall–Kier alpha value is -1.37. The number of piperidine rings is 1. The molecule has 118 valence electrons. The Labute approximate surface area is 122 Å². The van der Waals surface area contributed by atoms with Gasteiger partial charge in [-0.3, -0.25) is 4.98 Å². The van der Waals surface area contributed by atoms with Crippen LogP contribution in [0.5, 0.6) is 0 Å². The van der Waals surface area contributed by atoms with Crippen LogP contribution in [0.2, 0.25) is 0 Å². The number of hydrogen-bond donors (Lipinski definition) is 1. The van der Waals surface area contributed by atoms with E-state index in [9.17, 15) is 13.2 Å². The Bertz CT molecular complexity index is 437. The van der Waals surface area contributed by atoms with E-state index in [1.807, 2.05) is 18.7 Å². The lowest BCUT2D eigenvalue weighted by atomic mass is 9.96. The van der Waals surface area contributed by atoms with Crippen molar-refractivity contribution in [3.05, 3.63) is 18.1 Å². The molecule has 0 amide bonds. The number of halogens is 3. The van der Waals surface area contributed by atoms with Gasteiger partial charge in [0.15, 0.2) is 0 Å². The molecule has 7 heteroatoms. The average molecular weight is 302 g/mol. The topological polar surface area (TPSA) is 41.1 Å². The van der Waals surface area contributed by atoms with Gasteiger partial charge in [0.2, 0.25) is 0 Å². The van der Waals surface area contributed by atoms with Crippen molar-refractivity contribution in [2.45, 2.75) is 45.5 Å². The summed E-state index contributed by atoms with van der Waals surface area (Å²) in [7, 11) is 0. The van der Waals surface area contributed by atoms with Crippen molar-refractivity contribution >= 4 is 5.82 Å². The van der Waals surface area contributed by atoms with Crippen LogP contribution in [0.4, 0.5) is 19.0 Å². The Kier molecular flexibility index (Phi) is 5.03. The molecule has 0 unspecified atom stereocenters. The van der Waals surface area contributed by atoms with E-state index < -0.39 is 12.1 Å². The quantitative estimate of drug-likeness (QED) is 0.928. The molecule has 1 N–H and O–H groups in total. The van der Waals surface area contributed by atoms with E-state index in [2.05, 4.69) is 15.3 Å². The molecule has 1 saturated heterocycles. The lowest BCUT2D eigenvalue weighted by Crippen LogP contribution is -2.39. The summed E-state index contributed by atoms with van der Waals surface area (Å²) in [4.78, 5) is 10.5. The molecule has 4 nitrogen and oxygen atoms in total. The van der Waals surface area contributed by atoms with Crippen molar-refractivity contribution in [3.63, 3.8) is 0 Å². The van der Waals surface area contributed by atoms with Crippen LogP contribution in [0.1, 0.15) is 32.4 Å². The number of rotatable bonds is 4. The van der Waals surface area contributed by atoms with Crippen LogP contribution >= 0.6 is 0 Å². The summed E-state index contributed by atoms with van der Waals surface area (Å²) < 4.78 is 37.9. The van der Waals surface area contributed by atoms with E-state index in [1.54, 1.807) is 12.4 Å². The first-order valence-electron chi connectivity index (χ1n) is 7.22. The highest BCUT2D eigenvalue weighted by atomic mass is 19.4. The summed E-state index contributed by atoms with van der Waals surface area (Å²) in [6.45, 7) is 5.49. The molecule has 2 rings (SSSR count). The maximum atomic E-state index is 12.6. The van der Waals surface area contributed by atoms with E-state index in [0.717, 1.165) is 5.69 Å². The molecule has 0 aliphatic carbocycles. The second kappa shape index (κ2) is 6.60. The number of aromatic nitrogens is 2. The molecule has 0 radical (unpaired) electrons. The van der Waals surface area contributed by atoms with Gasteiger partial charge in [-0.25, -0.2) is 4.98 Å². The lowest BCUT2D eigenvalue weighted by Gasteiger charge is -2.33. The fraction of sp³-hybridized carbons (Fsp3) is 0.714. The minimum Gasteiger partial charge on any atom is -0.355 e. The fourth-order valence-electron chi connectivity index (χ4n) is 2.35. The number of hydrogen-bond acceptors (Lipinski definition) is 4. The molecule has 0 spiro atoms. The second-order valence-corrected chi connectivity index (χ2v) is 5.70. The van der Waals surface area contributed by atoms with Crippen molar-refractivity contribution in [2.75, 3.05) is 18.0 Å². The largest absolute Gasteiger partial charge is 0.391 e. The smallest absolute Gasteiger partial charge is 0.355 e. The molecule has 0 atom stereocenters. The molecule has 1 aromatic heterocycles. The van der Waals surface area contributed by atoms with Crippen LogP contribution in [0, 0.1) is 5.92 Å². The summed E-state index contributed by atoms with van der Waals surface area (Å²) in [6, 6.07) is 0.368. The molecular formula is C14H21F3N4. The fourth-order valence-corrected chi connectivity index (χ4v) is 2.35. The van der Waals surface area contributed by atoms with Crippen molar-refractivity contribution in [1.82, 2.24) is 15.3 Å². The Morgan fingerprint density at radius 2 is 1.90 bits per heavy atom. The second-order valence-electron chi connectivity index (χ2n) is 5.70. The Morgan fingerprint density at radius 3 is 2.38 bits per heavy atom. The van der Waals surface area contributed by atoms with Gasteiger partial charge in [0.1, 0.15) is 5.82 Å². The first-order valence-corrected chi connectivity index (χ1v) is 7.22. The van der Waals surface area contributed by atoms with Gasteiger partial charge in [0.25, 0.3) is 0 Å². The van der Waals surface area contributed by atoms with E-state index in [0.29, 0.717) is 31.5 Å². The van der Waals surface area contributed by atoms with Gasteiger partial charge in [0, 0.05) is 25.7 Å². The zero-order chi connectivity index (χ0) is 15.5. The van der Waals surface area contributed by atoms with Crippen molar-refractivity contribution < 1.29 is 13.2 Å². The normalized spacial score (nSPS) is 17.5. The highest BCUT2D eigenvalue weighted by Gasteiger charge is 2.41. The SMILES string of the molecule is CC(C)NCc1cnc(N2CCC(C(F)(F)F)CC2)cn1. The number of alkyl halides is 3. The van der Waals surface area contributed by atoms with Crippen molar-refractivity contribution in [3.8, 4) is 0 Å². The third-order valence-corrected chi connectivity index (χ3v) is 3.66. The van der Waals surface area contributed by atoms with Gasteiger partial charge in [0.05, 0.1) is 24.0 Å². The first-order chi connectivity index (χ1) is 9.86.